The molecule has 0 aliphatic rings. The second-order valence-corrected chi connectivity index (χ2v) is 4.23. The maximum atomic E-state index is 11.2. The lowest BCUT2D eigenvalue weighted by atomic mass is 9.94. The largest absolute Gasteiger partial charge is 0.381 e. The highest BCUT2D eigenvalue weighted by atomic mass is 35.5. The van der Waals surface area contributed by atoms with Crippen LogP contribution in [0.3, 0.4) is 0 Å². The van der Waals surface area contributed by atoms with Crippen molar-refractivity contribution in [2.45, 2.75) is 32.2 Å². The number of nitrogens with two attached hydrogens (primary N) is 1. The van der Waals surface area contributed by atoms with Gasteiger partial charge in [-0.3, -0.25) is 4.79 Å². The molecule has 0 aliphatic carbocycles. The van der Waals surface area contributed by atoms with Gasteiger partial charge in [-0.05, 0) is 12.8 Å². The van der Waals surface area contributed by atoms with Crippen LogP contribution in [0.4, 0.5) is 5.69 Å². The molecule has 0 radical (unpaired) electrons. The van der Waals surface area contributed by atoms with Crippen molar-refractivity contribution >= 4 is 17.3 Å². The highest BCUT2D eigenvalue weighted by molar-refractivity contribution is 6.32. The van der Waals surface area contributed by atoms with Crippen molar-refractivity contribution in [1.29, 1.82) is 0 Å². The Labute approximate surface area is 99.4 Å². The summed E-state index contributed by atoms with van der Waals surface area (Å²) in [4.78, 5) is 11.2. The summed E-state index contributed by atoms with van der Waals surface area (Å²) in [6.07, 6.45) is 3.19. The Bertz CT molecular complexity index is 400. The number of nitrogens with one attached hydrogen (secondary N) is 2. The van der Waals surface area contributed by atoms with Gasteiger partial charge in [0.05, 0.1) is 11.9 Å². The zero-order chi connectivity index (χ0) is 12.2. The van der Waals surface area contributed by atoms with Crippen LogP contribution < -0.4 is 16.6 Å². The predicted octanol–water partition coefficient (Wildman–Crippen LogP) is 1.35. The van der Waals surface area contributed by atoms with Crippen LogP contribution in [-0.4, -0.2) is 22.3 Å². The van der Waals surface area contributed by atoms with Crippen LogP contribution in [0.2, 0.25) is 5.02 Å². The van der Waals surface area contributed by atoms with Gasteiger partial charge in [-0.15, -0.1) is 0 Å². The Balaban J connectivity index is 2.75. The van der Waals surface area contributed by atoms with Crippen LogP contribution in [0.25, 0.3) is 0 Å². The Kier molecular flexibility index (Phi) is 4.32. The standard InChI is InChI=1S/C10H17ClN4O/c1-3-10(12,4-2)6-13-7-5-14-15-9(16)8(7)11/h5H,3-4,6,12H2,1-2H3,(H2,13,15,16). The van der Waals surface area contributed by atoms with Gasteiger partial charge in [-0.1, -0.05) is 25.4 Å². The first-order chi connectivity index (χ1) is 7.52. The Morgan fingerprint density at radius 3 is 2.75 bits per heavy atom. The highest BCUT2D eigenvalue weighted by Gasteiger charge is 2.20. The minimum Gasteiger partial charge on any atom is -0.381 e. The normalized spacial score (nSPS) is 11.5. The average molecular weight is 245 g/mol. The highest BCUT2D eigenvalue weighted by Crippen LogP contribution is 2.17. The summed E-state index contributed by atoms with van der Waals surface area (Å²) in [5.74, 6) is 0. The summed E-state index contributed by atoms with van der Waals surface area (Å²) < 4.78 is 0. The molecule has 0 aromatic carbocycles. The fourth-order valence-electron chi connectivity index (χ4n) is 1.28. The van der Waals surface area contributed by atoms with Crippen LogP contribution >= 0.6 is 11.6 Å². The molecule has 0 unspecified atom stereocenters. The quantitative estimate of drug-likeness (QED) is 0.730. The van der Waals surface area contributed by atoms with Crippen molar-refractivity contribution in [3.8, 4) is 0 Å². The maximum absolute atomic E-state index is 11.2. The third-order valence-electron chi connectivity index (χ3n) is 2.83. The molecule has 4 N–H and O–H groups in total. The summed E-state index contributed by atoms with van der Waals surface area (Å²) >= 11 is 5.82. The van der Waals surface area contributed by atoms with Gasteiger partial charge in [0.1, 0.15) is 5.02 Å². The van der Waals surface area contributed by atoms with Crippen molar-refractivity contribution in [3.05, 3.63) is 21.6 Å². The molecule has 90 valence electrons. The number of hydrogen-bond donors (Lipinski definition) is 3. The van der Waals surface area contributed by atoms with Gasteiger partial charge < -0.3 is 11.1 Å². The monoisotopic (exact) mass is 244 g/mol. The van der Waals surface area contributed by atoms with Gasteiger partial charge in [0.25, 0.3) is 5.56 Å². The second kappa shape index (κ2) is 5.32. The third-order valence-corrected chi connectivity index (χ3v) is 3.21. The van der Waals surface area contributed by atoms with E-state index in [1.807, 2.05) is 13.8 Å². The van der Waals surface area contributed by atoms with E-state index in [2.05, 4.69) is 15.5 Å². The van der Waals surface area contributed by atoms with E-state index in [0.717, 1.165) is 12.8 Å². The summed E-state index contributed by atoms with van der Waals surface area (Å²) in [7, 11) is 0. The van der Waals surface area contributed by atoms with Gasteiger partial charge in [0, 0.05) is 12.1 Å². The molecule has 1 aromatic rings. The molecular weight excluding hydrogens is 228 g/mol. The van der Waals surface area contributed by atoms with E-state index in [4.69, 9.17) is 17.3 Å². The zero-order valence-corrected chi connectivity index (χ0v) is 10.3. The summed E-state index contributed by atoms with van der Waals surface area (Å²) in [5.41, 5.74) is 5.95. The molecule has 1 heterocycles. The molecular formula is C10H17ClN4O. The van der Waals surface area contributed by atoms with Crippen molar-refractivity contribution in [1.82, 2.24) is 10.2 Å². The molecule has 1 aromatic heterocycles. The average Bonchev–Trinajstić information content (AvgIpc) is 2.31. The van der Waals surface area contributed by atoms with E-state index in [9.17, 15) is 4.79 Å². The molecule has 0 saturated heterocycles. The van der Waals surface area contributed by atoms with E-state index in [1.54, 1.807) is 0 Å². The van der Waals surface area contributed by atoms with Gasteiger partial charge >= 0.3 is 0 Å². The molecule has 0 aliphatic heterocycles. The Hall–Kier alpha value is -1.07. The van der Waals surface area contributed by atoms with Crippen molar-refractivity contribution < 1.29 is 0 Å². The fourth-order valence-corrected chi connectivity index (χ4v) is 1.44. The minimum atomic E-state index is -0.401. The number of aromatic amines is 1. The number of H-pyrrole nitrogens is 1. The molecule has 1 rings (SSSR count). The summed E-state index contributed by atoms with van der Waals surface area (Å²) in [6, 6.07) is 0. The van der Waals surface area contributed by atoms with Gasteiger partial charge in [-0.25, -0.2) is 5.10 Å². The number of hydrogen-bond acceptors (Lipinski definition) is 4. The Morgan fingerprint density at radius 2 is 2.19 bits per heavy atom. The van der Waals surface area contributed by atoms with E-state index in [-0.39, 0.29) is 10.6 Å². The third kappa shape index (κ3) is 2.96. The first-order valence-electron chi connectivity index (χ1n) is 5.28. The summed E-state index contributed by atoms with van der Waals surface area (Å²) in [5, 5.41) is 9.10. The van der Waals surface area contributed by atoms with Crippen molar-refractivity contribution in [2.75, 3.05) is 11.9 Å². The van der Waals surface area contributed by atoms with Crippen LogP contribution in [0.15, 0.2) is 11.0 Å². The lowest BCUT2D eigenvalue weighted by molar-refractivity contribution is 0.418. The van der Waals surface area contributed by atoms with Crippen molar-refractivity contribution in [3.63, 3.8) is 0 Å². The molecule has 0 spiro atoms. The molecule has 6 heteroatoms. The molecule has 0 saturated carbocycles. The van der Waals surface area contributed by atoms with Crippen molar-refractivity contribution in [2.24, 2.45) is 5.73 Å². The number of halogens is 1. The lowest BCUT2D eigenvalue weighted by Gasteiger charge is -2.27. The number of rotatable bonds is 5. The number of nitrogens with zero attached hydrogens (tertiary/aromatic N) is 1. The molecule has 16 heavy (non-hydrogen) atoms. The lowest BCUT2D eigenvalue weighted by Crippen LogP contribution is -2.45. The molecule has 0 atom stereocenters. The summed E-state index contributed by atoms with van der Waals surface area (Å²) in [6.45, 7) is 4.62. The van der Waals surface area contributed by atoms with E-state index >= 15 is 0 Å². The van der Waals surface area contributed by atoms with E-state index in [0.29, 0.717) is 12.2 Å². The topological polar surface area (TPSA) is 83.8 Å². The zero-order valence-electron chi connectivity index (χ0n) is 9.51. The van der Waals surface area contributed by atoms with Crippen LogP contribution in [0.5, 0.6) is 0 Å². The number of anilines is 1. The van der Waals surface area contributed by atoms with Crippen LogP contribution in [-0.2, 0) is 0 Å². The van der Waals surface area contributed by atoms with E-state index < -0.39 is 5.56 Å². The maximum Gasteiger partial charge on any atom is 0.285 e. The SMILES string of the molecule is CCC(N)(CC)CNc1cn[nH]c(=O)c1Cl. The second-order valence-electron chi connectivity index (χ2n) is 3.85. The fraction of sp³-hybridized carbons (Fsp3) is 0.600. The van der Waals surface area contributed by atoms with Gasteiger partial charge in [-0.2, -0.15) is 5.10 Å². The molecule has 5 nitrogen and oxygen atoms in total. The first kappa shape index (κ1) is 13.0. The van der Waals surface area contributed by atoms with E-state index in [1.165, 1.54) is 6.20 Å². The predicted molar refractivity (Wildman–Crippen MR) is 65.9 cm³/mol. The smallest absolute Gasteiger partial charge is 0.285 e. The molecule has 0 fully saturated rings. The molecule has 0 bridgehead atoms. The van der Waals surface area contributed by atoms with Crippen LogP contribution in [0.1, 0.15) is 26.7 Å². The van der Waals surface area contributed by atoms with Gasteiger partial charge in [0.15, 0.2) is 0 Å². The minimum absolute atomic E-state index is 0.115. The first-order valence-corrected chi connectivity index (χ1v) is 5.66. The Morgan fingerprint density at radius 1 is 1.56 bits per heavy atom. The van der Waals surface area contributed by atoms with Gasteiger partial charge in [0.2, 0.25) is 0 Å². The molecule has 0 amide bonds. The van der Waals surface area contributed by atoms with Crippen LogP contribution in [0, 0.1) is 0 Å². The number of aromatic nitrogens is 2.